The molecule has 1 spiro atoms. The maximum atomic E-state index is 10.3. The molecule has 0 heterocycles. The summed E-state index contributed by atoms with van der Waals surface area (Å²) in [6.07, 6.45) is 7.30. The minimum absolute atomic E-state index is 0.0923. The number of fused-ring (bicyclic) bond motifs is 1. The Morgan fingerprint density at radius 3 is 2.50 bits per heavy atom. The lowest BCUT2D eigenvalue weighted by Crippen LogP contribution is -2.54. The number of aliphatic hydroxyl groups excluding tert-OH is 1. The van der Waals surface area contributed by atoms with Crippen molar-refractivity contribution in [2.45, 2.75) is 71.5 Å². The van der Waals surface area contributed by atoms with Gasteiger partial charge in [0.2, 0.25) is 0 Å². The van der Waals surface area contributed by atoms with Crippen LogP contribution in [0.5, 0.6) is 0 Å². The van der Waals surface area contributed by atoms with Crippen molar-refractivity contribution in [1.29, 1.82) is 0 Å². The van der Waals surface area contributed by atoms with Gasteiger partial charge in [0.25, 0.3) is 0 Å². The van der Waals surface area contributed by atoms with Crippen molar-refractivity contribution >= 4 is 0 Å². The minimum atomic E-state index is -0.0923. The highest BCUT2D eigenvalue weighted by Gasteiger charge is 2.64. The SMILES string of the molecule is CO[C@H]1CC(C)(C)[C@@H]2CC[C@]3(C)C[C@]12CC[C@H]3O. The Kier molecular flexibility index (Phi) is 2.68. The van der Waals surface area contributed by atoms with E-state index in [9.17, 15) is 5.11 Å². The Morgan fingerprint density at radius 1 is 1.11 bits per heavy atom. The molecule has 3 rings (SSSR count). The minimum Gasteiger partial charge on any atom is -0.393 e. The zero-order valence-electron chi connectivity index (χ0n) is 12.3. The number of methoxy groups -OCH3 is 1. The molecule has 2 bridgehead atoms. The van der Waals surface area contributed by atoms with E-state index in [1.165, 1.54) is 25.7 Å². The predicted molar refractivity (Wildman–Crippen MR) is 72.3 cm³/mol. The smallest absolute Gasteiger partial charge is 0.0635 e. The monoisotopic (exact) mass is 252 g/mol. The molecule has 0 unspecified atom stereocenters. The maximum absolute atomic E-state index is 10.3. The first-order valence-electron chi connectivity index (χ1n) is 7.55. The van der Waals surface area contributed by atoms with Crippen molar-refractivity contribution in [1.82, 2.24) is 0 Å². The number of hydrogen-bond acceptors (Lipinski definition) is 2. The Labute approximate surface area is 111 Å². The Balaban J connectivity index is 2.00. The van der Waals surface area contributed by atoms with Crippen molar-refractivity contribution in [3.05, 3.63) is 0 Å². The summed E-state index contributed by atoms with van der Waals surface area (Å²) in [4.78, 5) is 0. The number of rotatable bonds is 1. The van der Waals surface area contributed by atoms with Gasteiger partial charge in [0.05, 0.1) is 12.2 Å². The Bertz CT molecular complexity index is 351. The molecule has 3 aliphatic carbocycles. The summed E-state index contributed by atoms with van der Waals surface area (Å²) in [5.74, 6) is 0.788. The van der Waals surface area contributed by atoms with Gasteiger partial charge in [-0.05, 0) is 55.3 Å². The van der Waals surface area contributed by atoms with E-state index < -0.39 is 0 Å². The van der Waals surface area contributed by atoms with E-state index in [0.717, 1.165) is 18.8 Å². The average Bonchev–Trinajstić information content (AvgIpc) is 2.52. The number of hydrogen-bond donors (Lipinski definition) is 1. The van der Waals surface area contributed by atoms with Gasteiger partial charge < -0.3 is 9.84 Å². The molecule has 0 aliphatic heterocycles. The lowest BCUT2D eigenvalue weighted by atomic mass is 9.49. The first-order chi connectivity index (χ1) is 8.34. The molecule has 3 saturated carbocycles. The van der Waals surface area contributed by atoms with Crippen LogP contribution in [0, 0.1) is 22.2 Å². The molecule has 0 aromatic rings. The molecule has 0 amide bonds. The van der Waals surface area contributed by atoms with Gasteiger partial charge in [-0.1, -0.05) is 20.8 Å². The van der Waals surface area contributed by atoms with Gasteiger partial charge in [-0.25, -0.2) is 0 Å². The van der Waals surface area contributed by atoms with E-state index in [-0.39, 0.29) is 11.5 Å². The fraction of sp³-hybridized carbons (Fsp3) is 1.00. The van der Waals surface area contributed by atoms with E-state index in [4.69, 9.17) is 4.74 Å². The molecule has 0 aromatic heterocycles. The second-order valence-electron chi connectivity index (χ2n) is 8.13. The maximum Gasteiger partial charge on any atom is 0.0635 e. The highest BCUT2D eigenvalue weighted by atomic mass is 16.5. The third-order valence-corrected chi connectivity index (χ3v) is 6.70. The Hall–Kier alpha value is -0.0800. The molecular formula is C16H28O2. The van der Waals surface area contributed by atoms with Crippen molar-refractivity contribution in [3.8, 4) is 0 Å². The molecule has 18 heavy (non-hydrogen) atoms. The highest BCUT2D eigenvalue weighted by molar-refractivity contribution is 5.14. The van der Waals surface area contributed by atoms with Gasteiger partial charge in [0.1, 0.15) is 0 Å². The first kappa shape index (κ1) is 12.9. The Morgan fingerprint density at radius 2 is 1.83 bits per heavy atom. The van der Waals surface area contributed by atoms with Gasteiger partial charge in [-0.15, -0.1) is 0 Å². The predicted octanol–water partition coefficient (Wildman–Crippen LogP) is 3.38. The summed E-state index contributed by atoms with van der Waals surface area (Å²) in [6, 6.07) is 0. The van der Waals surface area contributed by atoms with Gasteiger partial charge in [0, 0.05) is 12.5 Å². The van der Waals surface area contributed by atoms with Gasteiger partial charge >= 0.3 is 0 Å². The largest absolute Gasteiger partial charge is 0.393 e. The topological polar surface area (TPSA) is 29.5 Å². The molecular weight excluding hydrogens is 224 g/mol. The molecule has 2 nitrogen and oxygen atoms in total. The summed E-state index contributed by atoms with van der Waals surface area (Å²) in [5, 5.41) is 10.3. The van der Waals surface area contributed by atoms with Gasteiger partial charge in [-0.3, -0.25) is 0 Å². The van der Waals surface area contributed by atoms with Gasteiger partial charge in [-0.2, -0.15) is 0 Å². The van der Waals surface area contributed by atoms with Crippen LogP contribution in [0.1, 0.15) is 59.3 Å². The molecule has 104 valence electrons. The second-order valence-corrected chi connectivity index (χ2v) is 8.13. The summed E-state index contributed by atoms with van der Waals surface area (Å²) < 4.78 is 5.89. The molecule has 5 atom stereocenters. The molecule has 3 fully saturated rings. The fourth-order valence-electron chi connectivity index (χ4n) is 5.84. The first-order valence-corrected chi connectivity index (χ1v) is 7.55. The van der Waals surface area contributed by atoms with E-state index in [1.807, 2.05) is 7.11 Å². The van der Waals surface area contributed by atoms with Crippen LogP contribution >= 0.6 is 0 Å². The number of ether oxygens (including phenoxy) is 1. The van der Waals surface area contributed by atoms with Crippen molar-refractivity contribution < 1.29 is 9.84 Å². The quantitative estimate of drug-likeness (QED) is 0.775. The van der Waals surface area contributed by atoms with Crippen LogP contribution < -0.4 is 0 Å². The van der Waals surface area contributed by atoms with Crippen LogP contribution in [0.3, 0.4) is 0 Å². The zero-order valence-corrected chi connectivity index (χ0v) is 12.3. The number of aliphatic hydroxyl groups is 1. The van der Waals surface area contributed by atoms with Crippen LogP contribution in [0.2, 0.25) is 0 Å². The van der Waals surface area contributed by atoms with Crippen LogP contribution in [0.15, 0.2) is 0 Å². The van der Waals surface area contributed by atoms with Crippen molar-refractivity contribution in [2.24, 2.45) is 22.2 Å². The van der Waals surface area contributed by atoms with Crippen LogP contribution in [0.4, 0.5) is 0 Å². The van der Waals surface area contributed by atoms with Crippen LogP contribution in [-0.2, 0) is 4.74 Å². The zero-order chi connectivity index (χ0) is 13.2. The van der Waals surface area contributed by atoms with Crippen molar-refractivity contribution in [2.75, 3.05) is 7.11 Å². The third-order valence-electron chi connectivity index (χ3n) is 6.70. The molecule has 3 aliphatic rings. The van der Waals surface area contributed by atoms with E-state index >= 15 is 0 Å². The van der Waals surface area contributed by atoms with Crippen LogP contribution in [-0.4, -0.2) is 24.4 Å². The summed E-state index contributed by atoms with van der Waals surface area (Å²) in [7, 11) is 1.88. The van der Waals surface area contributed by atoms with Gasteiger partial charge in [0.15, 0.2) is 0 Å². The molecule has 2 heteroatoms. The summed E-state index contributed by atoms with van der Waals surface area (Å²) >= 11 is 0. The van der Waals surface area contributed by atoms with Crippen LogP contribution in [0.25, 0.3) is 0 Å². The van der Waals surface area contributed by atoms with E-state index in [1.54, 1.807) is 0 Å². The standard InChI is InChI=1S/C16H28O2/c1-14(2)9-13(18-4)16-8-6-12(17)15(3,10-16)7-5-11(14)16/h11-13,17H,5-10H2,1-4H3/t11-,12+,13-,15+,16-/m0/s1. The third kappa shape index (κ3) is 1.48. The average molecular weight is 252 g/mol. The molecule has 1 N–H and O–H groups in total. The lowest BCUT2D eigenvalue weighted by molar-refractivity contribution is -0.150. The highest BCUT2D eigenvalue weighted by Crippen LogP contribution is 2.69. The fourth-order valence-corrected chi connectivity index (χ4v) is 5.84. The van der Waals surface area contributed by atoms with Crippen molar-refractivity contribution in [3.63, 3.8) is 0 Å². The van der Waals surface area contributed by atoms with E-state index in [2.05, 4.69) is 20.8 Å². The normalized spacial score (nSPS) is 54.2. The second kappa shape index (κ2) is 3.73. The van der Waals surface area contributed by atoms with E-state index in [0.29, 0.717) is 16.9 Å². The summed E-state index contributed by atoms with van der Waals surface area (Å²) in [6.45, 7) is 7.14. The lowest BCUT2D eigenvalue weighted by Gasteiger charge is -2.57. The molecule has 0 saturated heterocycles. The summed E-state index contributed by atoms with van der Waals surface area (Å²) in [5.41, 5.74) is 0.904. The molecule has 0 radical (unpaired) electrons. The molecule has 0 aromatic carbocycles.